The lowest BCUT2D eigenvalue weighted by Gasteiger charge is -2.27. The first-order chi connectivity index (χ1) is 8.16. The molecule has 1 aromatic rings. The summed E-state index contributed by atoms with van der Waals surface area (Å²) in [6, 6.07) is 1.54. The smallest absolute Gasteiger partial charge is 0.287 e. The van der Waals surface area contributed by atoms with Crippen LogP contribution in [0.3, 0.4) is 0 Å². The van der Waals surface area contributed by atoms with E-state index >= 15 is 0 Å². The van der Waals surface area contributed by atoms with Gasteiger partial charge in [0.25, 0.3) is 5.69 Å². The molecule has 1 fully saturated rings. The molecular weight excluding hydrogens is 220 g/mol. The van der Waals surface area contributed by atoms with E-state index in [9.17, 15) is 10.1 Å². The quantitative estimate of drug-likeness (QED) is 0.642. The number of piperidine rings is 1. The van der Waals surface area contributed by atoms with Gasteiger partial charge in [-0.15, -0.1) is 0 Å². The molecule has 0 atom stereocenters. The lowest BCUT2D eigenvalue weighted by molar-refractivity contribution is -0.385. The number of rotatable bonds is 3. The minimum absolute atomic E-state index is 0.0340. The van der Waals surface area contributed by atoms with Crippen molar-refractivity contribution in [2.75, 3.05) is 18.5 Å². The standard InChI is InChI=1S/C11H16N4O2/c1-9-7-10(15(16)17)8-12-11(9)13-14-5-3-2-4-6-14/h7-8H,2-6H2,1H3,(H,12,13). The van der Waals surface area contributed by atoms with Gasteiger partial charge in [-0.3, -0.25) is 10.1 Å². The molecule has 0 saturated carbocycles. The van der Waals surface area contributed by atoms with Gasteiger partial charge in [0.15, 0.2) is 0 Å². The van der Waals surface area contributed by atoms with Gasteiger partial charge >= 0.3 is 0 Å². The molecule has 1 aromatic heterocycles. The van der Waals surface area contributed by atoms with Crippen LogP contribution in [0.15, 0.2) is 12.3 Å². The lowest BCUT2D eigenvalue weighted by Crippen LogP contribution is -2.35. The van der Waals surface area contributed by atoms with Crippen LogP contribution >= 0.6 is 0 Å². The number of pyridine rings is 1. The van der Waals surface area contributed by atoms with E-state index in [1.165, 1.54) is 25.5 Å². The summed E-state index contributed by atoms with van der Waals surface area (Å²) in [7, 11) is 0. The van der Waals surface area contributed by atoms with Gasteiger partial charge in [-0.25, -0.2) is 9.99 Å². The van der Waals surface area contributed by atoms with Gasteiger partial charge in [0, 0.05) is 19.2 Å². The summed E-state index contributed by atoms with van der Waals surface area (Å²) in [5, 5.41) is 12.7. The van der Waals surface area contributed by atoms with Crippen LogP contribution in [0.5, 0.6) is 0 Å². The molecule has 0 radical (unpaired) electrons. The Morgan fingerprint density at radius 2 is 2.12 bits per heavy atom. The Balaban J connectivity index is 2.08. The zero-order valence-electron chi connectivity index (χ0n) is 9.85. The third kappa shape index (κ3) is 2.91. The average Bonchev–Trinajstić information content (AvgIpc) is 2.33. The van der Waals surface area contributed by atoms with Crippen LogP contribution in [-0.2, 0) is 0 Å². The topological polar surface area (TPSA) is 71.3 Å². The van der Waals surface area contributed by atoms with Crippen molar-refractivity contribution in [2.24, 2.45) is 0 Å². The predicted octanol–water partition coefficient (Wildman–Crippen LogP) is 2.11. The average molecular weight is 236 g/mol. The fourth-order valence-electron chi connectivity index (χ4n) is 1.93. The Hall–Kier alpha value is -1.69. The number of hydrogen-bond donors (Lipinski definition) is 1. The first-order valence-corrected chi connectivity index (χ1v) is 5.79. The number of nitrogens with one attached hydrogen (secondary N) is 1. The second-order valence-corrected chi connectivity index (χ2v) is 4.28. The normalized spacial score (nSPS) is 16.8. The first-order valence-electron chi connectivity index (χ1n) is 5.79. The Bertz CT molecular complexity index is 416. The number of anilines is 1. The van der Waals surface area contributed by atoms with Gasteiger partial charge in [0.05, 0.1) is 4.92 Å². The molecule has 2 heterocycles. The summed E-state index contributed by atoms with van der Waals surface area (Å²) in [6.45, 7) is 3.82. The summed E-state index contributed by atoms with van der Waals surface area (Å²) < 4.78 is 0. The summed E-state index contributed by atoms with van der Waals surface area (Å²) in [6.07, 6.45) is 4.92. The summed E-state index contributed by atoms with van der Waals surface area (Å²) >= 11 is 0. The van der Waals surface area contributed by atoms with Crippen molar-refractivity contribution in [3.8, 4) is 0 Å². The molecule has 1 aliphatic rings. The van der Waals surface area contributed by atoms with E-state index in [0.29, 0.717) is 5.82 Å². The van der Waals surface area contributed by atoms with E-state index in [2.05, 4.69) is 15.4 Å². The maximum absolute atomic E-state index is 10.6. The third-order valence-electron chi connectivity index (χ3n) is 2.89. The Morgan fingerprint density at radius 3 is 2.71 bits per heavy atom. The van der Waals surface area contributed by atoms with Crippen molar-refractivity contribution in [1.82, 2.24) is 9.99 Å². The molecule has 17 heavy (non-hydrogen) atoms. The number of nitro groups is 1. The van der Waals surface area contributed by atoms with Crippen LogP contribution in [0.2, 0.25) is 0 Å². The molecule has 0 amide bonds. The fraction of sp³-hybridized carbons (Fsp3) is 0.545. The largest absolute Gasteiger partial charge is 0.303 e. The van der Waals surface area contributed by atoms with Gasteiger partial charge in [0.1, 0.15) is 12.0 Å². The third-order valence-corrected chi connectivity index (χ3v) is 2.89. The Labute approximate surface area is 99.8 Å². The van der Waals surface area contributed by atoms with Crippen LogP contribution < -0.4 is 5.43 Å². The highest BCUT2D eigenvalue weighted by Crippen LogP contribution is 2.19. The highest BCUT2D eigenvalue weighted by molar-refractivity contribution is 5.47. The molecule has 0 unspecified atom stereocenters. The Morgan fingerprint density at radius 1 is 1.41 bits per heavy atom. The number of aryl methyl sites for hydroxylation is 1. The fourth-order valence-corrected chi connectivity index (χ4v) is 1.93. The van der Waals surface area contributed by atoms with E-state index in [-0.39, 0.29) is 5.69 Å². The van der Waals surface area contributed by atoms with Crippen LogP contribution in [0.1, 0.15) is 24.8 Å². The molecule has 0 bridgehead atoms. The maximum Gasteiger partial charge on any atom is 0.287 e. The number of hydrazine groups is 1. The van der Waals surface area contributed by atoms with Gasteiger partial charge in [-0.05, 0) is 25.3 Å². The molecule has 6 heteroatoms. The zero-order valence-corrected chi connectivity index (χ0v) is 9.85. The lowest BCUT2D eigenvalue weighted by atomic mass is 10.2. The summed E-state index contributed by atoms with van der Waals surface area (Å²) in [4.78, 5) is 14.3. The van der Waals surface area contributed by atoms with Crippen molar-refractivity contribution < 1.29 is 4.92 Å². The minimum Gasteiger partial charge on any atom is -0.303 e. The SMILES string of the molecule is Cc1cc([N+](=O)[O-])cnc1NN1CCCCC1. The van der Waals surface area contributed by atoms with Crippen molar-refractivity contribution in [3.63, 3.8) is 0 Å². The molecule has 6 nitrogen and oxygen atoms in total. The van der Waals surface area contributed by atoms with E-state index in [0.717, 1.165) is 18.7 Å². The number of hydrogen-bond acceptors (Lipinski definition) is 5. The molecule has 1 saturated heterocycles. The number of aromatic nitrogens is 1. The van der Waals surface area contributed by atoms with E-state index in [1.807, 2.05) is 6.92 Å². The molecule has 0 aliphatic carbocycles. The van der Waals surface area contributed by atoms with E-state index in [4.69, 9.17) is 0 Å². The zero-order chi connectivity index (χ0) is 12.3. The monoisotopic (exact) mass is 236 g/mol. The first kappa shape index (κ1) is 11.8. The molecule has 92 valence electrons. The minimum atomic E-state index is -0.426. The van der Waals surface area contributed by atoms with E-state index < -0.39 is 4.92 Å². The summed E-state index contributed by atoms with van der Waals surface area (Å²) in [5.41, 5.74) is 4.04. The van der Waals surface area contributed by atoms with Crippen LogP contribution in [0.25, 0.3) is 0 Å². The highest BCUT2D eigenvalue weighted by atomic mass is 16.6. The van der Waals surface area contributed by atoms with Crippen LogP contribution in [0, 0.1) is 17.0 Å². The van der Waals surface area contributed by atoms with Crippen molar-refractivity contribution >= 4 is 11.5 Å². The van der Waals surface area contributed by atoms with E-state index in [1.54, 1.807) is 6.07 Å². The van der Waals surface area contributed by atoms with Gasteiger partial charge in [-0.1, -0.05) is 6.42 Å². The van der Waals surface area contributed by atoms with Gasteiger partial charge < -0.3 is 5.43 Å². The maximum atomic E-state index is 10.6. The molecule has 2 rings (SSSR count). The second kappa shape index (κ2) is 5.09. The van der Waals surface area contributed by atoms with Crippen molar-refractivity contribution in [3.05, 3.63) is 27.9 Å². The number of nitrogens with zero attached hydrogens (tertiary/aromatic N) is 3. The van der Waals surface area contributed by atoms with Gasteiger partial charge in [0.2, 0.25) is 0 Å². The highest BCUT2D eigenvalue weighted by Gasteiger charge is 2.13. The van der Waals surface area contributed by atoms with Crippen LogP contribution in [-0.4, -0.2) is 28.0 Å². The molecule has 1 aliphatic heterocycles. The summed E-state index contributed by atoms with van der Waals surface area (Å²) in [5.74, 6) is 0.706. The molecule has 0 aromatic carbocycles. The van der Waals surface area contributed by atoms with Crippen molar-refractivity contribution in [2.45, 2.75) is 26.2 Å². The molecule has 1 N–H and O–H groups in total. The van der Waals surface area contributed by atoms with Gasteiger partial charge in [-0.2, -0.15) is 0 Å². The van der Waals surface area contributed by atoms with Crippen molar-refractivity contribution in [1.29, 1.82) is 0 Å². The van der Waals surface area contributed by atoms with Crippen LogP contribution in [0.4, 0.5) is 11.5 Å². The predicted molar refractivity (Wildman–Crippen MR) is 64.7 cm³/mol. The Kier molecular flexibility index (Phi) is 3.53. The second-order valence-electron chi connectivity index (χ2n) is 4.28. The molecular formula is C11H16N4O2. The molecule has 0 spiro atoms.